The third-order valence-electron chi connectivity index (χ3n) is 11.6. The molecule has 5 rings (SSSR count). The molecule has 252 valence electrons. The predicted octanol–water partition coefficient (Wildman–Crippen LogP) is 6.27. The molecule has 0 amide bonds. The third-order valence-corrected chi connectivity index (χ3v) is 11.6. The summed E-state index contributed by atoms with van der Waals surface area (Å²) in [5.74, 6) is 0.612. The fraction of sp³-hybridized carbons (Fsp3) is 0.568. The molecule has 1 aromatic carbocycles. The number of hydrogen-bond donors (Lipinski definition) is 2. The Morgan fingerprint density at radius 2 is 2.02 bits per heavy atom. The molecule has 7 atom stereocenters. The zero-order valence-electron chi connectivity index (χ0n) is 29.0. The van der Waals surface area contributed by atoms with Crippen LogP contribution < -0.4 is 5.73 Å². The van der Waals surface area contributed by atoms with Crippen molar-refractivity contribution in [3.05, 3.63) is 65.9 Å². The number of fused-ring (bicyclic) bond motifs is 1. The van der Waals surface area contributed by atoms with E-state index in [1.165, 1.54) is 4.68 Å². The van der Waals surface area contributed by atoms with E-state index < -0.39 is 11.5 Å². The highest BCUT2D eigenvalue weighted by Crippen LogP contribution is 2.57. The van der Waals surface area contributed by atoms with E-state index in [2.05, 4.69) is 62.6 Å². The van der Waals surface area contributed by atoms with Gasteiger partial charge in [-0.2, -0.15) is 0 Å². The number of carbonyl (C=O) groups is 2. The Balaban J connectivity index is 1.34. The summed E-state index contributed by atoms with van der Waals surface area (Å²) in [6, 6.07) is 6.09. The second-order valence-electron chi connectivity index (χ2n) is 14.7. The zero-order chi connectivity index (χ0) is 34.3. The number of amidine groups is 1. The number of nitrogen functional groups attached to an aromatic ring is 1. The van der Waals surface area contributed by atoms with E-state index in [1.54, 1.807) is 12.5 Å². The number of nitrogens with two attached hydrogens (primary N) is 1. The number of rotatable bonds is 10. The van der Waals surface area contributed by atoms with Crippen LogP contribution in [0.4, 0.5) is 0 Å². The highest BCUT2D eigenvalue weighted by Gasteiger charge is 2.58. The molecule has 2 fully saturated rings. The molecule has 0 saturated heterocycles. The Kier molecular flexibility index (Phi) is 9.62. The van der Waals surface area contributed by atoms with Crippen molar-refractivity contribution < 1.29 is 14.3 Å². The molecule has 10 heteroatoms. The maximum absolute atomic E-state index is 13.7. The molecular formula is C37H51N7O3. The number of esters is 1. The van der Waals surface area contributed by atoms with Gasteiger partial charge >= 0.3 is 5.97 Å². The fourth-order valence-electron chi connectivity index (χ4n) is 8.42. The quantitative estimate of drug-likeness (QED) is 0.115. The summed E-state index contributed by atoms with van der Waals surface area (Å²) in [6.07, 6.45) is 9.01. The first-order chi connectivity index (χ1) is 22.2. The van der Waals surface area contributed by atoms with Gasteiger partial charge in [0.2, 0.25) is 0 Å². The minimum absolute atomic E-state index is 0.0445. The van der Waals surface area contributed by atoms with Crippen LogP contribution in [-0.2, 0) is 27.4 Å². The summed E-state index contributed by atoms with van der Waals surface area (Å²) in [4.78, 5) is 31.4. The summed E-state index contributed by atoms with van der Waals surface area (Å²) in [5, 5.41) is 16.3. The van der Waals surface area contributed by atoms with Crippen LogP contribution in [0.1, 0.15) is 89.2 Å². The predicted molar refractivity (Wildman–Crippen MR) is 183 cm³/mol. The lowest BCUT2D eigenvalue weighted by Gasteiger charge is -2.52. The SMILES string of the molecule is C=C[C@@]1(C)CC(C)C2CCC(=O)C2[C@@](C)(C(C)CC)C(OC(=O)Cn2cc(-c3ccc(Cn4cnc(C(=N)N)c4C)c(C)c3)nn2)C1. The van der Waals surface area contributed by atoms with Crippen LogP contribution in [0, 0.1) is 53.8 Å². The second kappa shape index (κ2) is 13.2. The van der Waals surface area contributed by atoms with E-state index in [4.69, 9.17) is 15.9 Å². The maximum atomic E-state index is 13.7. The molecule has 3 N–H and O–H groups in total. The molecule has 0 aliphatic heterocycles. The van der Waals surface area contributed by atoms with Gasteiger partial charge in [-0.15, -0.1) is 11.7 Å². The van der Waals surface area contributed by atoms with E-state index in [0.717, 1.165) is 41.6 Å². The molecule has 2 aromatic heterocycles. The van der Waals surface area contributed by atoms with Gasteiger partial charge in [0.25, 0.3) is 0 Å². The van der Waals surface area contributed by atoms with Gasteiger partial charge in [-0.3, -0.25) is 15.0 Å². The number of allylic oxidation sites excluding steroid dienone is 1. The number of aromatic nitrogens is 5. The molecule has 2 aliphatic rings. The van der Waals surface area contributed by atoms with Crippen molar-refractivity contribution in [3.63, 3.8) is 0 Å². The number of aryl methyl sites for hydroxylation is 1. The number of nitrogens with zero attached hydrogens (tertiary/aromatic N) is 5. The fourth-order valence-corrected chi connectivity index (χ4v) is 8.42. The number of ketones is 1. The standard InChI is InChI=1S/C37H51N7O3/c1-9-24(5)37(8)31(17-36(7,10-2)16-23(4)28-13-14-30(45)33(28)37)47-32(46)20-44-19-29(41-42-44)26-11-12-27(22(3)15-26)18-43-21-40-34(25(43)6)35(38)39/h10-12,15,19,21,23-24,28,31,33H,2,9,13-14,16-18,20H2,1,3-8H3,(H3,38,39)/t23?,24?,28?,31?,33?,36-,37-/m0/s1. The molecule has 0 spiro atoms. The van der Waals surface area contributed by atoms with Crippen molar-refractivity contribution in [2.75, 3.05) is 0 Å². The molecule has 0 radical (unpaired) electrons. The van der Waals surface area contributed by atoms with Gasteiger partial charge < -0.3 is 15.0 Å². The number of benzene rings is 1. The summed E-state index contributed by atoms with van der Waals surface area (Å²) in [5.41, 5.74) is 10.0. The first-order valence-electron chi connectivity index (χ1n) is 16.9. The maximum Gasteiger partial charge on any atom is 0.328 e. The highest BCUT2D eigenvalue weighted by atomic mass is 16.5. The van der Waals surface area contributed by atoms with Crippen molar-refractivity contribution >= 4 is 17.6 Å². The van der Waals surface area contributed by atoms with Gasteiger partial charge in [-0.05, 0) is 73.5 Å². The van der Waals surface area contributed by atoms with Crippen LogP contribution in [-0.4, -0.2) is 48.2 Å². The Labute approximate surface area is 278 Å². The van der Waals surface area contributed by atoms with E-state index in [0.29, 0.717) is 42.5 Å². The van der Waals surface area contributed by atoms with Crippen LogP contribution in [0.2, 0.25) is 0 Å². The van der Waals surface area contributed by atoms with Crippen molar-refractivity contribution in [1.29, 1.82) is 5.41 Å². The zero-order valence-corrected chi connectivity index (χ0v) is 29.0. The summed E-state index contributed by atoms with van der Waals surface area (Å²) in [6.45, 7) is 19.7. The van der Waals surface area contributed by atoms with Gasteiger partial charge in [0.1, 0.15) is 35.7 Å². The monoisotopic (exact) mass is 641 g/mol. The number of Topliss-reactive ketones (excluding diaryl/α,β-unsaturated/α-hetero) is 1. The number of hydrogen-bond acceptors (Lipinski definition) is 7. The van der Waals surface area contributed by atoms with Gasteiger partial charge in [0, 0.05) is 35.6 Å². The van der Waals surface area contributed by atoms with Gasteiger partial charge in [-0.25, -0.2) is 9.67 Å². The Morgan fingerprint density at radius 3 is 2.66 bits per heavy atom. The smallest absolute Gasteiger partial charge is 0.328 e. The van der Waals surface area contributed by atoms with Crippen LogP contribution in [0.25, 0.3) is 11.3 Å². The Hall–Kier alpha value is -4.08. The number of imidazole rings is 1. The molecule has 3 aromatic rings. The first-order valence-corrected chi connectivity index (χ1v) is 16.9. The molecule has 2 aliphatic carbocycles. The summed E-state index contributed by atoms with van der Waals surface area (Å²) in [7, 11) is 0. The van der Waals surface area contributed by atoms with Crippen molar-refractivity contribution in [2.24, 2.45) is 40.2 Å². The Bertz CT molecular complexity index is 1670. The lowest BCUT2D eigenvalue weighted by Crippen LogP contribution is -2.54. The molecule has 5 unspecified atom stereocenters. The number of carbonyl (C=O) groups excluding carboxylic acids is 2. The van der Waals surface area contributed by atoms with Crippen LogP contribution in [0.15, 0.2) is 43.4 Å². The average Bonchev–Trinajstić information content (AvgIpc) is 3.75. The normalized spacial score (nSPS) is 28.3. The van der Waals surface area contributed by atoms with Crippen molar-refractivity contribution in [1.82, 2.24) is 24.5 Å². The van der Waals surface area contributed by atoms with E-state index in [9.17, 15) is 9.59 Å². The van der Waals surface area contributed by atoms with E-state index in [-0.39, 0.29) is 41.5 Å². The largest absolute Gasteiger partial charge is 0.460 e. The number of ether oxygens (including phenoxy) is 1. The molecule has 10 nitrogen and oxygen atoms in total. The molecule has 0 bridgehead atoms. The second-order valence-corrected chi connectivity index (χ2v) is 14.7. The molecule has 47 heavy (non-hydrogen) atoms. The summed E-state index contributed by atoms with van der Waals surface area (Å²) >= 11 is 0. The van der Waals surface area contributed by atoms with E-state index in [1.807, 2.05) is 36.6 Å². The van der Waals surface area contributed by atoms with Crippen LogP contribution in [0.3, 0.4) is 0 Å². The third kappa shape index (κ3) is 6.56. The van der Waals surface area contributed by atoms with Gasteiger partial charge in [0.05, 0.1) is 12.5 Å². The van der Waals surface area contributed by atoms with Gasteiger partial charge in [0.15, 0.2) is 0 Å². The molecule has 2 heterocycles. The molecular weight excluding hydrogens is 590 g/mol. The van der Waals surface area contributed by atoms with Crippen LogP contribution in [0.5, 0.6) is 0 Å². The molecule has 2 saturated carbocycles. The highest BCUT2D eigenvalue weighted by molar-refractivity contribution is 5.94. The lowest BCUT2D eigenvalue weighted by molar-refractivity contribution is -0.174. The number of nitrogens with one attached hydrogen (secondary N) is 1. The average molecular weight is 642 g/mol. The van der Waals surface area contributed by atoms with Crippen molar-refractivity contribution in [2.45, 2.75) is 99.8 Å². The van der Waals surface area contributed by atoms with Gasteiger partial charge in [-0.1, -0.05) is 64.5 Å². The summed E-state index contributed by atoms with van der Waals surface area (Å²) < 4.78 is 9.94. The van der Waals surface area contributed by atoms with Crippen LogP contribution >= 0.6 is 0 Å². The first kappa shape index (κ1) is 34.3. The topological polar surface area (TPSA) is 142 Å². The minimum Gasteiger partial charge on any atom is -0.460 e. The lowest BCUT2D eigenvalue weighted by atomic mass is 9.54. The minimum atomic E-state index is -0.489. The Morgan fingerprint density at radius 1 is 1.28 bits per heavy atom. The van der Waals surface area contributed by atoms with E-state index >= 15 is 0 Å². The van der Waals surface area contributed by atoms with Crippen molar-refractivity contribution in [3.8, 4) is 11.3 Å².